The third-order valence-electron chi connectivity index (χ3n) is 1.96. The van der Waals surface area contributed by atoms with Crippen LogP contribution in [0.4, 0.5) is 0 Å². The Morgan fingerprint density at radius 2 is 2.27 bits per heavy atom. The van der Waals surface area contributed by atoms with Crippen molar-refractivity contribution in [1.29, 1.82) is 0 Å². The molecule has 3 N–H and O–H groups in total. The Hall–Kier alpha value is -1.33. The minimum Gasteiger partial charge on any atom is -0.339 e. The normalized spacial score (nSPS) is 12.7. The van der Waals surface area contributed by atoms with Crippen molar-refractivity contribution >= 4 is 11.8 Å². The summed E-state index contributed by atoms with van der Waals surface area (Å²) in [6.45, 7) is 1.94. The van der Waals surface area contributed by atoms with Crippen LogP contribution in [0.1, 0.15) is 18.5 Å². The molecule has 5 heteroatoms. The van der Waals surface area contributed by atoms with Crippen molar-refractivity contribution in [2.24, 2.45) is 5.73 Å². The first kappa shape index (κ1) is 10.2. The molecule has 0 amide bonds. The average molecular weight is 220 g/mol. The van der Waals surface area contributed by atoms with Gasteiger partial charge in [0.2, 0.25) is 0 Å². The third kappa shape index (κ3) is 2.57. The Labute approximate surface area is 92.3 Å². The molecule has 2 rings (SSSR count). The molecule has 2 heterocycles. The molecular weight excluding hydrogens is 208 g/mol. The highest BCUT2D eigenvalue weighted by atomic mass is 32.2. The molecule has 0 bridgehead atoms. The predicted octanol–water partition coefficient (Wildman–Crippen LogP) is 1.98. The molecule has 0 aromatic carbocycles. The zero-order chi connectivity index (χ0) is 10.7. The van der Waals surface area contributed by atoms with Crippen molar-refractivity contribution < 1.29 is 0 Å². The quantitative estimate of drug-likeness (QED) is 0.830. The summed E-state index contributed by atoms with van der Waals surface area (Å²) in [4.78, 5) is 11.4. The molecule has 0 saturated carbocycles. The summed E-state index contributed by atoms with van der Waals surface area (Å²) >= 11 is 1.50. The van der Waals surface area contributed by atoms with Gasteiger partial charge in [0.1, 0.15) is 5.03 Å². The van der Waals surface area contributed by atoms with Crippen LogP contribution in [0.3, 0.4) is 0 Å². The van der Waals surface area contributed by atoms with Gasteiger partial charge < -0.3 is 10.7 Å². The van der Waals surface area contributed by atoms with Crippen LogP contribution >= 0.6 is 11.8 Å². The smallest absolute Gasteiger partial charge is 0.171 e. The van der Waals surface area contributed by atoms with Crippen molar-refractivity contribution in [3.8, 4) is 0 Å². The van der Waals surface area contributed by atoms with Gasteiger partial charge in [-0.3, -0.25) is 0 Å². The number of rotatable bonds is 3. The molecule has 2 aromatic heterocycles. The van der Waals surface area contributed by atoms with Crippen molar-refractivity contribution in [3.05, 3.63) is 36.3 Å². The van der Waals surface area contributed by atoms with E-state index in [0.717, 1.165) is 15.7 Å². The van der Waals surface area contributed by atoms with Crippen molar-refractivity contribution in [2.75, 3.05) is 0 Å². The van der Waals surface area contributed by atoms with E-state index in [-0.39, 0.29) is 6.04 Å². The fourth-order valence-electron chi connectivity index (χ4n) is 1.13. The van der Waals surface area contributed by atoms with E-state index in [1.165, 1.54) is 11.8 Å². The maximum absolute atomic E-state index is 5.73. The summed E-state index contributed by atoms with van der Waals surface area (Å²) in [7, 11) is 0. The molecule has 0 aliphatic heterocycles. The van der Waals surface area contributed by atoms with Crippen LogP contribution in [0.5, 0.6) is 0 Å². The average Bonchev–Trinajstić information content (AvgIpc) is 2.71. The highest BCUT2D eigenvalue weighted by molar-refractivity contribution is 7.99. The molecule has 0 radical (unpaired) electrons. The molecule has 0 saturated heterocycles. The minimum absolute atomic E-state index is 0.0279. The van der Waals surface area contributed by atoms with E-state index in [9.17, 15) is 0 Å². The Morgan fingerprint density at radius 3 is 2.80 bits per heavy atom. The summed E-state index contributed by atoms with van der Waals surface area (Å²) in [5.74, 6) is 0. The van der Waals surface area contributed by atoms with Crippen LogP contribution in [-0.4, -0.2) is 15.0 Å². The van der Waals surface area contributed by atoms with Gasteiger partial charge in [0.25, 0.3) is 0 Å². The van der Waals surface area contributed by atoms with Gasteiger partial charge in [-0.25, -0.2) is 9.97 Å². The lowest BCUT2D eigenvalue weighted by Gasteiger charge is -2.04. The van der Waals surface area contributed by atoms with Crippen molar-refractivity contribution in [3.63, 3.8) is 0 Å². The number of aromatic nitrogens is 3. The number of H-pyrrole nitrogens is 1. The van der Waals surface area contributed by atoms with Gasteiger partial charge in [-0.15, -0.1) is 0 Å². The molecule has 0 fully saturated rings. The number of aromatic amines is 1. The Balaban J connectivity index is 2.11. The van der Waals surface area contributed by atoms with Crippen LogP contribution in [0.2, 0.25) is 0 Å². The van der Waals surface area contributed by atoms with E-state index >= 15 is 0 Å². The molecule has 0 aliphatic carbocycles. The first-order chi connectivity index (χ1) is 7.25. The summed E-state index contributed by atoms with van der Waals surface area (Å²) in [5, 5.41) is 1.75. The highest BCUT2D eigenvalue weighted by Gasteiger charge is 2.02. The predicted molar refractivity (Wildman–Crippen MR) is 59.6 cm³/mol. The van der Waals surface area contributed by atoms with Crippen LogP contribution in [0.25, 0.3) is 0 Å². The van der Waals surface area contributed by atoms with E-state index in [1.807, 2.05) is 19.1 Å². The van der Waals surface area contributed by atoms with E-state index in [1.54, 1.807) is 18.6 Å². The number of hydrogen-bond donors (Lipinski definition) is 2. The number of nitrogens with one attached hydrogen (secondary N) is 1. The first-order valence-electron chi connectivity index (χ1n) is 4.64. The standard InChI is InChI=1S/C10H12N4S/c1-7(11)8-2-3-9(14-6-8)15-10-12-4-5-13-10/h2-7H,11H2,1H3,(H,12,13)/t7-/m1/s1. The Morgan fingerprint density at radius 1 is 1.40 bits per heavy atom. The Bertz CT molecular complexity index is 407. The molecule has 2 aromatic rings. The zero-order valence-electron chi connectivity index (χ0n) is 8.34. The second-order valence-corrected chi connectivity index (χ2v) is 4.22. The lowest BCUT2D eigenvalue weighted by molar-refractivity contribution is 0.806. The molecule has 4 nitrogen and oxygen atoms in total. The van der Waals surface area contributed by atoms with Gasteiger partial charge in [-0.1, -0.05) is 6.07 Å². The lowest BCUT2D eigenvalue weighted by Crippen LogP contribution is -2.04. The number of nitrogens with zero attached hydrogens (tertiary/aromatic N) is 2. The third-order valence-corrected chi connectivity index (χ3v) is 2.83. The van der Waals surface area contributed by atoms with E-state index < -0.39 is 0 Å². The maximum atomic E-state index is 5.73. The van der Waals surface area contributed by atoms with Crippen molar-refractivity contribution in [1.82, 2.24) is 15.0 Å². The second kappa shape index (κ2) is 4.46. The molecule has 1 atom stereocenters. The fourth-order valence-corrected chi connectivity index (χ4v) is 1.81. The highest BCUT2D eigenvalue weighted by Crippen LogP contribution is 2.22. The number of nitrogens with two attached hydrogens (primary N) is 1. The summed E-state index contributed by atoms with van der Waals surface area (Å²) in [6, 6.07) is 3.97. The molecular formula is C10H12N4S. The maximum Gasteiger partial charge on any atom is 0.171 e. The van der Waals surface area contributed by atoms with Gasteiger partial charge in [-0.05, 0) is 30.3 Å². The van der Waals surface area contributed by atoms with Gasteiger partial charge in [-0.2, -0.15) is 0 Å². The minimum atomic E-state index is 0.0279. The van der Waals surface area contributed by atoms with E-state index in [0.29, 0.717) is 0 Å². The molecule has 0 unspecified atom stereocenters. The largest absolute Gasteiger partial charge is 0.339 e. The molecule has 15 heavy (non-hydrogen) atoms. The van der Waals surface area contributed by atoms with Crippen molar-refractivity contribution in [2.45, 2.75) is 23.1 Å². The number of hydrogen-bond acceptors (Lipinski definition) is 4. The molecule has 0 spiro atoms. The monoisotopic (exact) mass is 220 g/mol. The first-order valence-corrected chi connectivity index (χ1v) is 5.46. The van der Waals surface area contributed by atoms with Gasteiger partial charge in [0, 0.05) is 24.6 Å². The molecule has 78 valence electrons. The summed E-state index contributed by atoms with van der Waals surface area (Å²) in [6.07, 6.45) is 5.31. The second-order valence-electron chi connectivity index (χ2n) is 3.21. The lowest BCUT2D eigenvalue weighted by atomic mass is 10.2. The topological polar surface area (TPSA) is 67.6 Å². The van der Waals surface area contributed by atoms with E-state index in [2.05, 4.69) is 15.0 Å². The fraction of sp³-hybridized carbons (Fsp3) is 0.200. The van der Waals surface area contributed by atoms with Gasteiger partial charge >= 0.3 is 0 Å². The number of imidazole rings is 1. The molecule has 0 aliphatic rings. The van der Waals surface area contributed by atoms with Crippen LogP contribution < -0.4 is 5.73 Å². The van der Waals surface area contributed by atoms with Gasteiger partial charge in [0.05, 0.1) is 0 Å². The van der Waals surface area contributed by atoms with Crippen LogP contribution in [0.15, 0.2) is 40.9 Å². The Kier molecular flexibility index (Phi) is 3.03. The zero-order valence-corrected chi connectivity index (χ0v) is 9.16. The van der Waals surface area contributed by atoms with Gasteiger partial charge in [0.15, 0.2) is 5.16 Å². The summed E-state index contributed by atoms with van der Waals surface area (Å²) < 4.78 is 0. The van der Waals surface area contributed by atoms with Crippen LogP contribution in [0, 0.1) is 0 Å². The summed E-state index contributed by atoms with van der Waals surface area (Å²) in [5.41, 5.74) is 6.78. The SMILES string of the molecule is C[C@@H](N)c1ccc(Sc2ncc[nH]2)nc1. The van der Waals surface area contributed by atoms with E-state index in [4.69, 9.17) is 5.73 Å². The number of pyridine rings is 1. The van der Waals surface area contributed by atoms with Crippen LogP contribution in [-0.2, 0) is 0 Å².